The molecule has 2 aromatic rings. The van der Waals surface area contributed by atoms with E-state index in [1.165, 1.54) is 24.2 Å². The molecule has 1 aliphatic carbocycles. The van der Waals surface area contributed by atoms with Gasteiger partial charge in [0, 0.05) is 29.3 Å². The number of furan rings is 1. The van der Waals surface area contributed by atoms with Crippen molar-refractivity contribution in [3.05, 3.63) is 56.7 Å². The zero-order valence-corrected chi connectivity index (χ0v) is 17.6. The molecule has 2 aliphatic rings. The number of nitro benzene ring substituents is 1. The third-order valence-corrected chi connectivity index (χ3v) is 6.67. The highest BCUT2D eigenvalue weighted by Crippen LogP contribution is 2.38. The van der Waals surface area contributed by atoms with E-state index in [4.69, 9.17) is 16.6 Å². The van der Waals surface area contributed by atoms with E-state index in [1.54, 1.807) is 42.2 Å². The van der Waals surface area contributed by atoms with Crippen molar-refractivity contribution in [3.63, 3.8) is 0 Å². The molecular weight excluding hydrogens is 408 g/mol. The summed E-state index contributed by atoms with van der Waals surface area (Å²) in [6.45, 7) is 1.70. The second kappa shape index (κ2) is 8.12. The van der Waals surface area contributed by atoms with Crippen LogP contribution < -0.4 is 0 Å². The van der Waals surface area contributed by atoms with Gasteiger partial charge in [0.15, 0.2) is 0 Å². The number of benzene rings is 1. The highest BCUT2D eigenvalue weighted by Gasteiger charge is 2.37. The Balaban J connectivity index is 1.55. The molecule has 29 heavy (non-hydrogen) atoms. The molecule has 150 valence electrons. The molecule has 0 radical (unpaired) electrons. The van der Waals surface area contributed by atoms with Crippen molar-refractivity contribution in [2.45, 2.75) is 45.1 Å². The van der Waals surface area contributed by atoms with E-state index in [0.717, 1.165) is 31.2 Å². The molecule has 0 atom stereocenters. The lowest BCUT2D eigenvalue weighted by Crippen LogP contribution is -2.39. The van der Waals surface area contributed by atoms with Crippen molar-refractivity contribution in [2.24, 2.45) is 0 Å². The van der Waals surface area contributed by atoms with Gasteiger partial charge in [0.2, 0.25) is 0 Å². The predicted molar refractivity (Wildman–Crippen MR) is 117 cm³/mol. The van der Waals surface area contributed by atoms with Gasteiger partial charge in [-0.1, -0.05) is 43.2 Å². The second-order valence-corrected chi connectivity index (χ2v) is 8.98. The molecule has 1 amide bonds. The van der Waals surface area contributed by atoms with Crippen LogP contribution >= 0.6 is 24.0 Å². The summed E-state index contributed by atoms with van der Waals surface area (Å²) in [5.74, 6) is 1.10. The van der Waals surface area contributed by atoms with E-state index < -0.39 is 4.92 Å². The summed E-state index contributed by atoms with van der Waals surface area (Å²) in [6.07, 6.45) is 7.23. The van der Waals surface area contributed by atoms with Crippen LogP contribution in [0.2, 0.25) is 0 Å². The topological polar surface area (TPSA) is 76.6 Å². The Morgan fingerprint density at radius 1 is 1.24 bits per heavy atom. The van der Waals surface area contributed by atoms with Crippen LogP contribution in [0.15, 0.2) is 39.7 Å². The number of hydrogen-bond acceptors (Lipinski definition) is 6. The van der Waals surface area contributed by atoms with E-state index in [9.17, 15) is 14.9 Å². The molecule has 1 aliphatic heterocycles. The standard InChI is InChI=1S/C21H20N2O4S2/c1-13-11-14(7-9-17(13)23(25)26)18-10-8-16(27-18)12-19-20(24)22(21(28)29-19)15-5-3-2-4-6-15/h7-12,15H,2-6H2,1H3/b19-12+. The lowest BCUT2D eigenvalue weighted by molar-refractivity contribution is -0.385. The largest absolute Gasteiger partial charge is 0.457 e. The fourth-order valence-electron chi connectivity index (χ4n) is 3.86. The maximum atomic E-state index is 12.9. The first kappa shape index (κ1) is 19.8. The fraction of sp³-hybridized carbons (Fsp3) is 0.333. The average Bonchev–Trinajstić information content (AvgIpc) is 3.27. The summed E-state index contributed by atoms with van der Waals surface area (Å²) in [5, 5.41) is 11.0. The lowest BCUT2D eigenvalue weighted by atomic mass is 9.94. The molecule has 2 fully saturated rings. The number of thiocarbonyl (C=S) groups is 1. The van der Waals surface area contributed by atoms with E-state index in [2.05, 4.69) is 0 Å². The number of thioether (sulfide) groups is 1. The zero-order chi connectivity index (χ0) is 20.5. The molecule has 1 saturated heterocycles. The van der Waals surface area contributed by atoms with Crippen LogP contribution in [0.3, 0.4) is 0 Å². The van der Waals surface area contributed by atoms with Crippen molar-refractivity contribution in [2.75, 3.05) is 0 Å². The van der Waals surface area contributed by atoms with Crippen molar-refractivity contribution < 1.29 is 14.1 Å². The molecule has 4 rings (SSSR count). The minimum absolute atomic E-state index is 0.0453. The maximum Gasteiger partial charge on any atom is 0.272 e. The third-order valence-electron chi connectivity index (χ3n) is 5.34. The molecule has 2 heterocycles. The highest BCUT2D eigenvalue weighted by molar-refractivity contribution is 8.26. The van der Waals surface area contributed by atoms with Gasteiger partial charge in [0.1, 0.15) is 15.8 Å². The van der Waals surface area contributed by atoms with E-state index in [-0.39, 0.29) is 17.6 Å². The molecule has 0 unspecified atom stereocenters. The van der Waals surface area contributed by atoms with Crippen LogP contribution in [0.1, 0.15) is 43.4 Å². The quantitative estimate of drug-likeness (QED) is 0.269. The number of carbonyl (C=O) groups excluding carboxylic acids is 1. The van der Waals surface area contributed by atoms with Crippen LogP contribution in [0, 0.1) is 17.0 Å². The van der Waals surface area contributed by atoms with E-state index in [0.29, 0.717) is 26.3 Å². The van der Waals surface area contributed by atoms with Crippen LogP contribution in [0.4, 0.5) is 5.69 Å². The number of carbonyl (C=O) groups is 1. The SMILES string of the molecule is Cc1cc(-c2ccc(/C=C3/SC(=S)N(C4CCCCC4)C3=O)o2)ccc1[N+](=O)[O-]. The number of aryl methyl sites for hydroxylation is 1. The third kappa shape index (κ3) is 4.00. The summed E-state index contributed by atoms with van der Waals surface area (Å²) in [4.78, 5) is 25.8. The Morgan fingerprint density at radius 3 is 2.69 bits per heavy atom. The van der Waals surface area contributed by atoms with Gasteiger partial charge < -0.3 is 4.42 Å². The van der Waals surface area contributed by atoms with Gasteiger partial charge in [0.25, 0.3) is 11.6 Å². The molecule has 8 heteroatoms. The lowest BCUT2D eigenvalue weighted by Gasteiger charge is -2.29. The monoisotopic (exact) mass is 428 g/mol. The summed E-state index contributed by atoms with van der Waals surface area (Å²) in [6, 6.07) is 8.66. The number of amides is 1. The van der Waals surface area contributed by atoms with Gasteiger partial charge in [-0.25, -0.2) is 0 Å². The van der Waals surface area contributed by atoms with Crippen LogP contribution in [-0.2, 0) is 4.79 Å². The summed E-state index contributed by atoms with van der Waals surface area (Å²) >= 11 is 6.78. The van der Waals surface area contributed by atoms with Gasteiger partial charge in [-0.3, -0.25) is 19.8 Å². The van der Waals surface area contributed by atoms with Crippen LogP contribution in [0.25, 0.3) is 17.4 Å². The molecule has 1 aromatic carbocycles. The van der Waals surface area contributed by atoms with Crippen LogP contribution in [-0.4, -0.2) is 26.1 Å². The van der Waals surface area contributed by atoms with Crippen molar-refractivity contribution in [1.82, 2.24) is 4.90 Å². The molecule has 0 bridgehead atoms. The van der Waals surface area contributed by atoms with E-state index in [1.807, 2.05) is 0 Å². The molecule has 0 spiro atoms. The fourth-order valence-corrected chi connectivity index (χ4v) is 5.24. The number of nitro groups is 1. The second-order valence-electron chi connectivity index (χ2n) is 7.30. The number of hydrogen-bond donors (Lipinski definition) is 0. The Kier molecular flexibility index (Phi) is 5.56. The molecule has 1 saturated carbocycles. The highest BCUT2D eigenvalue weighted by atomic mass is 32.2. The average molecular weight is 429 g/mol. The molecule has 0 N–H and O–H groups in total. The first-order valence-corrected chi connectivity index (χ1v) is 10.8. The number of nitrogens with zero attached hydrogens (tertiary/aromatic N) is 2. The molecule has 6 nitrogen and oxygen atoms in total. The maximum absolute atomic E-state index is 12.9. The Morgan fingerprint density at radius 2 is 2.00 bits per heavy atom. The van der Waals surface area contributed by atoms with Gasteiger partial charge in [-0.15, -0.1) is 0 Å². The zero-order valence-electron chi connectivity index (χ0n) is 15.9. The number of rotatable bonds is 4. The smallest absolute Gasteiger partial charge is 0.272 e. The first-order valence-electron chi connectivity index (χ1n) is 9.56. The first-order chi connectivity index (χ1) is 13.9. The normalized spacial score (nSPS) is 19.3. The Labute approximate surface area is 178 Å². The van der Waals surface area contributed by atoms with Gasteiger partial charge >= 0.3 is 0 Å². The van der Waals surface area contributed by atoms with Gasteiger partial charge in [0.05, 0.1) is 9.83 Å². The Bertz CT molecular complexity index is 1020. The van der Waals surface area contributed by atoms with E-state index >= 15 is 0 Å². The summed E-state index contributed by atoms with van der Waals surface area (Å²) < 4.78 is 6.49. The molecule has 1 aromatic heterocycles. The Hall–Kier alpha value is -2.45. The summed E-state index contributed by atoms with van der Waals surface area (Å²) in [7, 11) is 0. The summed E-state index contributed by atoms with van der Waals surface area (Å²) in [5.41, 5.74) is 1.40. The van der Waals surface area contributed by atoms with Crippen molar-refractivity contribution in [3.8, 4) is 11.3 Å². The minimum atomic E-state index is -0.402. The minimum Gasteiger partial charge on any atom is -0.457 e. The van der Waals surface area contributed by atoms with Crippen LogP contribution in [0.5, 0.6) is 0 Å². The van der Waals surface area contributed by atoms with Gasteiger partial charge in [-0.2, -0.15) is 0 Å². The van der Waals surface area contributed by atoms with Crippen molar-refractivity contribution >= 4 is 46.0 Å². The molecular formula is C21H20N2O4S2. The van der Waals surface area contributed by atoms with Crippen molar-refractivity contribution in [1.29, 1.82) is 0 Å². The predicted octanol–water partition coefficient (Wildman–Crippen LogP) is 5.70. The van der Waals surface area contributed by atoms with Gasteiger partial charge in [-0.05, 0) is 44.0 Å².